The van der Waals surface area contributed by atoms with Crippen LogP contribution in [0.15, 0.2) is 96.3 Å². The van der Waals surface area contributed by atoms with E-state index < -0.39 is 23.4 Å². The normalized spacial score (nSPS) is 14.3. The Morgan fingerprint density at radius 2 is 0.703 bits per heavy atom. The number of allylic oxidation sites excluding steroid dienone is 2. The van der Waals surface area contributed by atoms with Crippen LogP contribution in [0.4, 0.5) is 11.4 Å². The molecule has 8 heteroatoms. The van der Waals surface area contributed by atoms with Crippen LogP contribution in [0.5, 0.6) is 11.5 Å². The van der Waals surface area contributed by atoms with Crippen molar-refractivity contribution >= 4 is 34.8 Å². The van der Waals surface area contributed by atoms with Crippen molar-refractivity contribution in [2.75, 3.05) is 23.0 Å². The van der Waals surface area contributed by atoms with Crippen LogP contribution in [0.1, 0.15) is 177 Å². The molecular formula is C56H70N2O6. The molecule has 8 nitrogen and oxygen atoms in total. The van der Waals surface area contributed by atoms with Gasteiger partial charge < -0.3 is 9.47 Å². The van der Waals surface area contributed by atoms with E-state index in [1.54, 1.807) is 24.3 Å². The summed E-state index contributed by atoms with van der Waals surface area (Å²) in [7, 11) is 0. The summed E-state index contributed by atoms with van der Waals surface area (Å²) in [5.74, 6) is -0.262. The van der Waals surface area contributed by atoms with Gasteiger partial charge in [-0.05, 0) is 83.6 Å². The minimum atomic E-state index is -0.487. The van der Waals surface area contributed by atoms with E-state index in [9.17, 15) is 19.2 Å². The highest BCUT2D eigenvalue weighted by Crippen LogP contribution is 2.45. The number of Topliss-reactive ketones (excluding diaryl/α,β-unsaturated/α-hetero) is 2. The second-order valence-corrected chi connectivity index (χ2v) is 17.6. The van der Waals surface area contributed by atoms with Crippen molar-refractivity contribution in [3.8, 4) is 33.8 Å². The number of unbranched alkanes of at least 4 members (excludes halogenated alkanes) is 18. The van der Waals surface area contributed by atoms with Gasteiger partial charge in [-0.2, -0.15) is 0 Å². The smallest absolute Gasteiger partial charge is 0.228 e. The zero-order valence-corrected chi connectivity index (χ0v) is 39.0. The highest BCUT2D eigenvalue weighted by molar-refractivity contribution is 6.34. The summed E-state index contributed by atoms with van der Waals surface area (Å²) in [5, 5.41) is 0. The number of ether oxygens (including phenoxy) is 2. The number of benzene rings is 4. The van der Waals surface area contributed by atoms with E-state index in [4.69, 9.17) is 9.47 Å². The second kappa shape index (κ2) is 24.5. The van der Waals surface area contributed by atoms with Gasteiger partial charge in [-0.25, -0.2) is 0 Å². The van der Waals surface area contributed by atoms with Crippen molar-refractivity contribution in [1.29, 1.82) is 0 Å². The zero-order valence-electron chi connectivity index (χ0n) is 39.0. The topological polar surface area (TPSA) is 93.2 Å². The molecule has 2 aliphatic rings. The molecule has 0 fully saturated rings. The Hall–Kier alpha value is -5.50. The molecule has 4 aromatic carbocycles. The van der Waals surface area contributed by atoms with Gasteiger partial charge in [-0.1, -0.05) is 166 Å². The van der Waals surface area contributed by atoms with Gasteiger partial charge in [0.2, 0.25) is 23.4 Å². The first-order valence-electron chi connectivity index (χ1n) is 24.4. The number of carbonyl (C=O) groups is 4. The number of anilines is 2. The quantitative estimate of drug-likeness (QED) is 0.0461. The minimum Gasteiger partial charge on any atom is -0.494 e. The molecule has 4 aromatic rings. The molecule has 64 heavy (non-hydrogen) atoms. The number of hydrogen-bond donors (Lipinski definition) is 0. The number of rotatable bonds is 26. The van der Waals surface area contributed by atoms with Gasteiger partial charge in [0, 0.05) is 25.0 Å². The summed E-state index contributed by atoms with van der Waals surface area (Å²) in [6.07, 6.45) is 25.5. The molecule has 2 heterocycles. The van der Waals surface area contributed by atoms with Gasteiger partial charge in [0.05, 0.1) is 24.6 Å². The third kappa shape index (κ3) is 12.4. The van der Waals surface area contributed by atoms with E-state index >= 15 is 0 Å². The standard InChI is InChI=1S/C56H70N2O6/c1-5-7-9-11-13-15-17-19-21-23-37-63-47-31-25-43(26-32-47)45-29-35-51-49(39-45)55(61)53(57(51)41(3)59)54-56(62)50-40-46(30-36-52(50)58(54)42(4)60)44-27-33-48(34-28-44)64-38-24-22-20-18-16-14-12-10-8-6-2/h25-36,39-40H,5-24,37-38H2,1-4H3/b54-53+. The van der Waals surface area contributed by atoms with Gasteiger partial charge in [-0.3, -0.25) is 29.0 Å². The van der Waals surface area contributed by atoms with Crippen LogP contribution >= 0.6 is 0 Å². The number of hydrogen-bond acceptors (Lipinski definition) is 6. The fourth-order valence-electron chi connectivity index (χ4n) is 9.01. The second-order valence-electron chi connectivity index (χ2n) is 17.6. The maximum Gasteiger partial charge on any atom is 0.228 e. The predicted molar refractivity (Wildman–Crippen MR) is 260 cm³/mol. The summed E-state index contributed by atoms with van der Waals surface area (Å²) < 4.78 is 12.1. The molecule has 0 aliphatic carbocycles. The number of ketones is 2. The largest absolute Gasteiger partial charge is 0.494 e. The lowest BCUT2D eigenvalue weighted by molar-refractivity contribution is -0.117. The van der Waals surface area contributed by atoms with E-state index in [-0.39, 0.29) is 11.4 Å². The highest BCUT2D eigenvalue weighted by Gasteiger charge is 2.45. The molecule has 0 saturated carbocycles. The maximum absolute atomic E-state index is 14.4. The Morgan fingerprint density at radius 3 is 1.02 bits per heavy atom. The van der Waals surface area contributed by atoms with Gasteiger partial charge in [0.1, 0.15) is 22.9 Å². The lowest BCUT2D eigenvalue weighted by Gasteiger charge is -2.22. The molecule has 0 unspecified atom stereocenters. The fourth-order valence-corrected chi connectivity index (χ4v) is 9.01. The number of nitrogens with zero attached hydrogens (tertiary/aromatic N) is 2. The van der Waals surface area contributed by atoms with E-state index in [1.165, 1.54) is 139 Å². The Kier molecular flexibility index (Phi) is 18.4. The van der Waals surface area contributed by atoms with Gasteiger partial charge in [-0.15, -0.1) is 0 Å². The third-order valence-electron chi connectivity index (χ3n) is 12.6. The predicted octanol–water partition coefficient (Wildman–Crippen LogP) is 14.6. The van der Waals surface area contributed by atoms with Crippen molar-refractivity contribution in [2.24, 2.45) is 0 Å². The maximum atomic E-state index is 14.4. The number of fused-ring (bicyclic) bond motifs is 2. The summed E-state index contributed by atoms with van der Waals surface area (Å²) in [6, 6.07) is 26.3. The molecule has 2 aliphatic heterocycles. The summed E-state index contributed by atoms with van der Waals surface area (Å²) in [5.41, 5.74) is 4.45. The summed E-state index contributed by atoms with van der Waals surface area (Å²) in [6.45, 7) is 8.57. The Bertz CT molecular complexity index is 2070. The first-order chi connectivity index (χ1) is 31.2. The average Bonchev–Trinajstić information content (AvgIpc) is 3.76. The van der Waals surface area contributed by atoms with Crippen LogP contribution in [-0.4, -0.2) is 36.6 Å². The molecule has 0 saturated heterocycles. The van der Waals surface area contributed by atoms with Crippen molar-refractivity contribution in [1.82, 2.24) is 0 Å². The van der Waals surface area contributed by atoms with Crippen LogP contribution in [0.2, 0.25) is 0 Å². The van der Waals surface area contributed by atoms with Crippen molar-refractivity contribution in [3.05, 3.63) is 107 Å². The average molecular weight is 867 g/mol. The number of carbonyl (C=O) groups excluding carboxylic acids is 4. The Morgan fingerprint density at radius 1 is 0.406 bits per heavy atom. The molecule has 0 atom stereocenters. The van der Waals surface area contributed by atoms with E-state index in [2.05, 4.69) is 13.8 Å². The highest BCUT2D eigenvalue weighted by atomic mass is 16.5. The molecule has 0 bridgehead atoms. The Labute approximate surface area is 382 Å². The monoisotopic (exact) mass is 867 g/mol. The van der Waals surface area contributed by atoms with Gasteiger partial charge in [0.15, 0.2) is 0 Å². The molecule has 0 spiro atoms. The van der Waals surface area contributed by atoms with Crippen LogP contribution in [-0.2, 0) is 9.59 Å². The third-order valence-corrected chi connectivity index (χ3v) is 12.6. The molecule has 0 N–H and O–H groups in total. The van der Waals surface area contributed by atoms with Crippen LogP contribution < -0.4 is 19.3 Å². The summed E-state index contributed by atoms with van der Waals surface area (Å²) in [4.78, 5) is 58.1. The first kappa shape index (κ1) is 48.0. The van der Waals surface area contributed by atoms with Crippen molar-refractivity contribution in [3.63, 3.8) is 0 Å². The first-order valence-corrected chi connectivity index (χ1v) is 24.4. The molecule has 0 radical (unpaired) electrons. The fraction of sp³-hybridized carbons (Fsp3) is 0.464. The Balaban J connectivity index is 1.08. The SMILES string of the molecule is CCCCCCCCCCCCOc1ccc(-c2ccc3c(c2)C(=O)/C(=C2/C(=O)c4cc(-c5ccc(OCCCCCCCCCCCC)cc5)ccc4N2C(C)=O)N3C(C)=O)cc1. The number of amides is 2. The summed E-state index contributed by atoms with van der Waals surface area (Å²) >= 11 is 0. The van der Waals surface area contributed by atoms with Crippen LogP contribution in [0.3, 0.4) is 0 Å². The lowest BCUT2D eigenvalue weighted by Crippen LogP contribution is -2.34. The van der Waals surface area contributed by atoms with Crippen LogP contribution in [0.25, 0.3) is 22.3 Å². The molecule has 2 amide bonds. The van der Waals surface area contributed by atoms with Gasteiger partial charge >= 0.3 is 0 Å². The lowest BCUT2D eigenvalue weighted by atomic mass is 9.99. The van der Waals surface area contributed by atoms with Crippen LogP contribution in [0, 0.1) is 0 Å². The van der Waals surface area contributed by atoms with Crippen molar-refractivity contribution < 1.29 is 28.7 Å². The van der Waals surface area contributed by atoms with E-state index in [0.717, 1.165) is 46.6 Å². The molecule has 0 aromatic heterocycles. The van der Waals surface area contributed by atoms with Gasteiger partial charge in [0.25, 0.3) is 0 Å². The molecule has 340 valence electrons. The molecule has 6 rings (SSSR count). The van der Waals surface area contributed by atoms with E-state index in [0.29, 0.717) is 35.7 Å². The zero-order chi connectivity index (χ0) is 45.3. The molecular weight excluding hydrogens is 797 g/mol. The minimum absolute atomic E-state index is 0.114. The van der Waals surface area contributed by atoms with E-state index in [1.807, 2.05) is 60.7 Å². The van der Waals surface area contributed by atoms with Crippen molar-refractivity contribution in [2.45, 2.75) is 156 Å².